The largest absolute Gasteiger partial charge is 0.508 e. The van der Waals surface area contributed by atoms with Crippen molar-refractivity contribution in [1.29, 1.82) is 0 Å². The van der Waals surface area contributed by atoms with E-state index in [1.165, 1.54) is 0 Å². The molecule has 0 spiro atoms. The van der Waals surface area contributed by atoms with Gasteiger partial charge >= 0.3 is 0 Å². The van der Waals surface area contributed by atoms with E-state index in [4.69, 9.17) is 5.11 Å². The van der Waals surface area contributed by atoms with Crippen LogP contribution in [0.15, 0.2) is 60.9 Å². The van der Waals surface area contributed by atoms with Crippen LogP contribution in [0.3, 0.4) is 0 Å². The Labute approximate surface area is 73.7 Å². The molecule has 1 N–H and O–H groups in total. The molecule has 0 aliphatic rings. The third-order valence-corrected chi connectivity index (χ3v) is 1.36. The highest BCUT2D eigenvalue weighted by molar-refractivity contribution is 5.47. The van der Waals surface area contributed by atoms with E-state index in [0.29, 0.717) is 11.1 Å². The summed E-state index contributed by atoms with van der Waals surface area (Å²) in [5.74, 6) is 0.0120. The van der Waals surface area contributed by atoms with Gasteiger partial charge in [0, 0.05) is 5.57 Å². The summed E-state index contributed by atoms with van der Waals surface area (Å²) in [7, 11) is 0. The fourth-order valence-electron chi connectivity index (χ4n) is 0.691. The maximum atomic E-state index is 9.14. The van der Waals surface area contributed by atoms with Crippen LogP contribution >= 0.6 is 0 Å². The van der Waals surface area contributed by atoms with Gasteiger partial charge in [-0.25, -0.2) is 0 Å². The second-order valence-electron chi connectivity index (χ2n) is 2.28. The highest BCUT2D eigenvalue weighted by Crippen LogP contribution is 2.15. The molecule has 0 amide bonds. The number of allylic oxidation sites excluding steroid dienone is 5. The Balaban J connectivity index is 4.78. The van der Waals surface area contributed by atoms with Gasteiger partial charge in [0.15, 0.2) is 0 Å². The van der Waals surface area contributed by atoms with E-state index in [2.05, 4.69) is 19.7 Å². The first kappa shape index (κ1) is 10.5. The molecule has 0 heterocycles. The van der Waals surface area contributed by atoms with Crippen LogP contribution in [-0.4, -0.2) is 5.11 Å². The second-order valence-corrected chi connectivity index (χ2v) is 2.28. The van der Waals surface area contributed by atoms with E-state index >= 15 is 0 Å². The minimum Gasteiger partial charge on any atom is -0.508 e. The third-order valence-electron chi connectivity index (χ3n) is 1.36. The molecule has 0 bridgehead atoms. The summed E-state index contributed by atoms with van der Waals surface area (Å²) in [5.41, 5.74) is 1.28. The Kier molecular flexibility index (Phi) is 4.54. The second kappa shape index (κ2) is 5.19. The molecule has 0 rings (SSSR count). The molecule has 64 valence electrons. The summed E-state index contributed by atoms with van der Waals surface area (Å²) in [4.78, 5) is 0. The summed E-state index contributed by atoms with van der Waals surface area (Å²) in [6, 6.07) is 0. The van der Waals surface area contributed by atoms with Gasteiger partial charge in [0.05, 0.1) is 0 Å². The lowest BCUT2D eigenvalue weighted by Gasteiger charge is -2.02. The molecule has 0 aromatic rings. The lowest BCUT2D eigenvalue weighted by atomic mass is 10.1. The maximum absolute atomic E-state index is 9.14. The van der Waals surface area contributed by atoms with Gasteiger partial charge in [-0.2, -0.15) is 0 Å². The predicted molar refractivity (Wildman–Crippen MR) is 54.0 cm³/mol. The molecule has 0 aliphatic heterocycles. The average molecular weight is 162 g/mol. The molecule has 1 nitrogen and oxygen atoms in total. The van der Waals surface area contributed by atoms with Gasteiger partial charge in [0.2, 0.25) is 0 Å². The fourth-order valence-corrected chi connectivity index (χ4v) is 0.691. The van der Waals surface area contributed by atoms with Crippen LogP contribution < -0.4 is 0 Å². The molecule has 0 fully saturated rings. The summed E-state index contributed by atoms with van der Waals surface area (Å²) in [6.45, 7) is 12.6. The highest BCUT2D eigenvalue weighted by Gasteiger charge is 2.00. The Morgan fingerprint density at radius 1 is 1.33 bits per heavy atom. The van der Waals surface area contributed by atoms with E-state index in [1.54, 1.807) is 12.2 Å². The van der Waals surface area contributed by atoms with Crippen LogP contribution in [0.4, 0.5) is 0 Å². The highest BCUT2D eigenvalue weighted by atomic mass is 16.3. The van der Waals surface area contributed by atoms with E-state index in [-0.39, 0.29) is 5.76 Å². The topological polar surface area (TPSA) is 20.2 Å². The minimum absolute atomic E-state index is 0.0120. The van der Waals surface area contributed by atoms with E-state index in [1.807, 2.05) is 19.1 Å². The van der Waals surface area contributed by atoms with Crippen molar-refractivity contribution in [3.8, 4) is 0 Å². The summed E-state index contributed by atoms with van der Waals surface area (Å²) >= 11 is 0. The first-order chi connectivity index (χ1) is 5.63. The summed E-state index contributed by atoms with van der Waals surface area (Å²) < 4.78 is 0. The van der Waals surface area contributed by atoms with Gasteiger partial charge in [-0.05, 0) is 12.5 Å². The molecule has 1 heteroatoms. The number of hydrogen-bond acceptors (Lipinski definition) is 1. The van der Waals surface area contributed by atoms with Crippen molar-refractivity contribution >= 4 is 0 Å². The number of aliphatic hydroxyl groups is 1. The van der Waals surface area contributed by atoms with E-state index in [0.717, 1.165) is 0 Å². The average Bonchev–Trinajstić information content (AvgIpc) is 2.04. The van der Waals surface area contributed by atoms with Crippen LogP contribution in [0.1, 0.15) is 6.92 Å². The molecule has 0 atom stereocenters. The maximum Gasteiger partial charge on any atom is 0.116 e. The summed E-state index contributed by atoms with van der Waals surface area (Å²) in [6.07, 6.45) is 6.99. The van der Waals surface area contributed by atoms with Crippen molar-refractivity contribution in [1.82, 2.24) is 0 Å². The predicted octanol–water partition coefficient (Wildman–Crippen LogP) is 3.30. The Hall–Kier alpha value is -1.50. The molecular weight excluding hydrogens is 148 g/mol. The Morgan fingerprint density at radius 2 is 1.92 bits per heavy atom. The molecule has 0 saturated carbocycles. The molecule has 0 aliphatic carbocycles. The number of rotatable bonds is 4. The zero-order valence-electron chi connectivity index (χ0n) is 7.38. The van der Waals surface area contributed by atoms with Crippen LogP contribution in [0.25, 0.3) is 0 Å². The smallest absolute Gasteiger partial charge is 0.116 e. The SMILES string of the molecule is C=CC(=C)/C(=C\C=C/C)C(=C)O. The van der Waals surface area contributed by atoms with Gasteiger partial charge < -0.3 is 5.11 Å². The zero-order chi connectivity index (χ0) is 9.56. The van der Waals surface area contributed by atoms with Crippen LogP contribution in [0.5, 0.6) is 0 Å². The normalized spacial score (nSPS) is 11.6. The van der Waals surface area contributed by atoms with E-state index in [9.17, 15) is 0 Å². The van der Waals surface area contributed by atoms with Crippen molar-refractivity contribution in [3.63, 3.8) is 0 Å². The van der Waals surface area contributed by atoms with Crippen molar-refractivity contribution in [2.45, 2.75) is 6.92 Å². The van der Waals surface area contributed by atoms with Crippen molar-refractivity contribution in [2.24, 2.45) is 0 Å². The van der Waals surface area contributed by atoms with Crippen molar-refractivity contribution < 1.29 is 5.11 Å². The molecular formula is C11H14O. The molecule has 0 saturated heterocycles. The molecule has 12 heavy (non-hydrogen) atoms. The lowest BCUT2D eigenvalue weighted by molar-refractivity contribution is 0.428. The monoisotopic (exact) mass is 162 g/mol. The molecule has 0 radical (unpaired) electrons. The van der Waals surface area contributed by atoms with E-state index < -0.39 is 0 Å². The van der Waals surface area contributed by atoms with Gasteiger partial charge in [0.25, 0.3) is 0 Å². The van der Waals surface area contributed by atoms with Crippen molar-refractivity contribution in [2.75, 3.05) is 0 Å². The number of hydrogen-bond donors (Lipinski definition) is 1. The van der Waals surface area contributed by atoms with Gasteiger partial charge in [0.1, 0.15) is 5.76 Å². The van der Waals surface area contributed by atoms with Gasteiger partial charge in [-0.1, -0.05) is 44.0 Å². The Bertz CT molecular complexity index is 254. The molecule has 0 aromatic heterocycles. The van der Waals surface area contributed by atoms with Crippen LogP contribution in [0.2, 0.25) is 0 Å². The number of aliphatic hydroxyl groups excluding tert-OH is 1. The summed E-state index contributed by atoms with van der Waals surface area (Å²) in [5, 5.41) is 9.14. The molecule has 0 aromatic carbocycles. The minimum atomic E-state index is 0.0120. The zero-order valence-corrected chi connectivity index (χ0v) is 7.38. The fraction of sp³-hybridized carbons (Fsp3) is 0.0909. The van der Waals surface area contributed by atoms with Crippen molar-refractivity contribution in [3.05, 3.63) is 60.9 Å². The first-order valence-corrected chi connectivity index (χ1v) is 3.66. The Morgan fingerprint density at radius 3 is 2.25 bits per heavy atom. The first-order valence-electron chi connectivity index (χ1n) is 3.66. The standard InChI is InChI=1S/C11H14O/c1-5-7-8-11(10(4)12)9(3)6-2/h5-8,12H,2-4H2,1H3/b7-5-,11-8+. The quantitative estimate of drug-likeness (QED) is 0.496. The third kappa shape index (κ3) is 3.06. The van der Waals surface area contributed by atoms with Gasteiger partial charge in [-0.15, -0.1) is 0 Å². The van der Waals surface area contributed by atoms with Crippen LogP contribution in [-0.2, 0) is 0 Å². The lowest BCUT2D eigenvalue weighted by Crippen LogP contribution is -1.87. The van der Waals surface area contributed by atoms with Crippen LogP contribution in [0, 0.1) is 0 Å². The van der Waals surface area contributed by atoms with Gasteiger partial charge in [-0.3, -0.25) is 0 Å². The molecule has 0 unspecified atom stereocenters.